The van der Waals surface area contributed by atoms with Crippen molar-refractivity contribution in [3.05, 3.63) is 29.8 Å². The first-order chi connectivity index (χ1) is 6.43. The fourth-order valence-corrected chi connectivity index (χ4v) is 0.996. The number of ether oxygens (including phenoxy) is 1. The SMILES string of the molecule is Cc1ccccc1OC(C)(C)C(N)=O. The summed E-state index contributed by atoms with van der Waals surface area (Å²) in [5.41, 5.74) is 5.23. The highest BCUT2D eigenvalue weighted by Crippen LogP contribution is 2.21. The average molecular weight is 193 g/mol. The Morgan fingerprint density at radius 3 is 2.43 bits per heavy atom. The summed E-state index contributed by atoms with van der Waals surface area (Å²) < 4.78 is 5.52. The summed E-state index contributed by atoms with van der Waals surface area (Å²) in [5.74, 6) is 0.219. The first kappa shape index (κ1) is 10.6. The third-order valence-corrected chi connectivity index (χ3v) is 2.05. The molecule has 0 atom stereocenters. The zero-order valence-corrected chi connectivity index (χ0v) is 8.70. The lowest BCUT2D eigenvalue weighted by Crippen LogP contribution is -2.43. The highest BCUT2D eigenvalue weighted by Gasteiger charge is 2.27. The van der Waals surface area contributed by atoms with Gasteiger partial charge in [-0.1, -0.05) is 18.2 Å². The van der Waals surface area contributed by atoms with Crippen LogP contribution in [0.25, 0.3) is 0 Å². The fraction of sp³-hybridized carbons (Fsp3) is 0.364. The second-order valence-corrected chi connectivity index (χ2v) is 3.74. The molecule has 0 saturated carbocycles. The van der Waals surface area contributed by atoms with Gasteiger partial charge in [0.15, 0.2) is 5.60 Å². The molecular formula is C11H15NO2. The minimum absolute atomic E-state index is 0.472. The molecule has 1 amide bonds. The molecule has 3 nitrogen and oxygen atoms in total. The minimum Gasteiger partial charge on any atom is -0.478 e. The van der Waals surface area contributed by atoms with Crippen molar-refractivity contribution in [2.75, 3.05) is 0 Å². The summed E-state index contributed by atoms with van der Waals surface area (Å²) in [6.07, 6.45) is 0. The Balaban J connectivity index is 2.89. The number of carbonyl (C=O) groups is 1. The topological polar surface area (TPSA) is 52.3 Å². The van der Waals surface area contributed by atoms with E-state index in [0.717, 1.165) is 5.56 Å². The fourth-order valence-electron chi connectivity index (χ4n) is 0.996. The van der Waals surface area contributed by atoms with E-state index in [-0.39, 0.29) is 0 Å². The molecule has 0 fully saturated rings. The van der Waals surface area contributed by atoms with Gasteiger partial charge in [0.05, 0.1) is 0 Å². The maximum Gasteiger partial charge on any atom is 0.261 e. The minimum atomic E-state index is -0.966. The Labute approximate surface area is 83.9 Å². The Hall–Kier alpha value is -1.51. The van der Waals surface area contributed by atoms with Crippen LogP contribution < -0.4 is 10.5 Å². The van der Waals surface area contributed by atoms with Crippen LogP contribution in [0.2, 0.25) is 0 Å². The normalized spacial score (nSPS) is 11.1. The molecule has 0 unspecified atom stereocenters. The lowest BCUT2D eigenvalue weighted by Gasteiger charge is -2.23. The highest BCUT2D eigenvalue weighted by atomic mass is 16.5. The largest absolute Gasteiger partial charge is 0.478 e. The summed E-state index contributed by atoms with van der Waals surface area (Å²) in [6.45, 7) is 5.23. The van der Waals surface area contributed by atoms with Gasteiger partial charge in [0.2, 0.25) is 0 Å². The van der Waals surface area contributed by atoms with Crippen molar-refractivity contribution in [3.8, 4) is 5.75 Å². The van der Waals surface area contributed by atoms with Gasteiger partial charge in [0, 0.05) is 0 Å². The molecule has 0 aliphatic heterocycles. The molecule has 0 saturated heterocycles. The molecule has 0 spiro atoms. The number of primary amides is 1. The molecule has 0 bridgehead atoms. The molecule has 2 N–H and O–H groups in total. The molecule has 3 heteroatoms. The molecule has 1 aromatic carbocycles. The highest BCUT2D eigenvalue weighted by molar-refractivity contribution is 5.82. The van der Waals surface area contributed by atoms with Crippen LogP contribution in [0.1, 0.15) is 19.4 Å². The molecule has 14 heavy (non-hydrogen) atoms. The lowest BCUT2D eigenvalue weighted by molar-refractivity contribution is -0.130. The maximum atomic E-state index is 11.0. The van der Waals surface area contributed by atoms with Crippen molar-refractivity contribution in [1.82, 2.24) is 0 Å². The van der Waals surface area contributed by atoms with E-state index >= 15 is 0 Å². The smallest absolute Gasteiger partial charge is 0.261 e. The van der Waals surface area contributed by atoms with Crippen LogP contribution in [0.4, 0.5) is 0 Å². The van der Waals surface area contributed by atoms with Crippen molar-refractivity contribution in [2.24, 2.45) is 5.73 Å². The Morgan fingerprint density at radius 1 is 1.36 bits per heavy atom. The van der Waals surface area contributed by atoms with E-state index < -0.39 is 11.5 Å². The molecule has 0 heterocycles. The summed E-state index contributed by atoms with van der Waals surface area (Å²) in [6, 6.07) is 7.52. The molecule has 1 rings (SSSR count). The molecule has 0 aliphatic carbocycles. The van der Waals surface area contributed by atoms with E-state index in [1.54, 1.807) is 13.8 Å². The predicted molar refractivity (Wildman–Crippen MR) is 55.1 cm³/mol. The number of para-hydroxylation sites is 1. The summed E-state index contributed by atoms with van der Waals surface area (Å²) in [5, 5.41) is 0. The second-order valence-electron chi connectivity index (χ2n) is 3.74. The Kier molecular flexibility index (Phi) is 2.79. The van der Waals surface area contributed by atoms with Crippen LogP contribution in [0.3, 0.4) is 0 Å². The average Bonchev–Trinajstić information content (AvgIpc) is 2.08. The monoisotopic (exact) mass is 193 g/mol. The molecule has 0 aromatic heterocycles. The van der Waals surface area contributed by atoms with Gasteiger partial charge >= 0.3 is 0 Å². The van der Waals surface area contributed by atoms with Crippen molar-refractivity contribution >= 4 is 5.91 Å². The lowest BCUT2D eigenvalue weighted by atomic mass is 10.1. The first-order valence-corrected chi connectivity index (χ1v) is 4.48. The van der Waals surface area contributed by atoms with Crippen LogP contribution >= 0.6 is 0 Å². The standard InChI is InChI=1S/C11H15NO2/c1-8-6-4-5-7-9(8)14-11(2,3)10(12)13/h4-7H,1-3H3,(H2,12,13). The van der Waals surface area contributed by atoms with Gasteiger partial charge in [-0.05, 0) is 32.4 Å². The number of carbonyl (C=O) groups excluding carboxylic acids is 1. The van der Waals surface area contributed by atoms with E-state index in [1.165, 1.54) is 0 Å². The van der Waals surface area contributed by atoms with E-state index in [2.05, 4.69) is 0 Å². The van der Waals surface area contributed by atoms with Crippen LogP contribution in [0.5, 0.6) is 5.75 Å². The summed E-state index contributed by atoms with van der Waals surface area (Å²) in [4.78, 5) is 11.0. The van der Waals surface area contributed by atoms with Gasteiger partial charge in [-0.2, -0.15) is 0 Å². The van der Waals surface area contributed by atoms with E-state index in [0.29, 0.717) is 5.75 Å². The Bertz CT molecular complexity index is 345. The van der Waals surface area contributed by atoms with Crippen molar-refractivity contribution in [2.45, 2.75) is 26.4 Å². The van der Waals surface area contributed by atoms with Crippen LogP contribution in [-0.4, -0.2) is 11.5 Å². The third kappa shape index (κ3) is 2.25. The van der Waals surface area contributed by atoms with Crippen molar-refractivity contribution in [1.29, 1.82) is 0 Å². The number of amides is 1. The molecular weight excluding hydrogens is 178 g/mol. The summed E-state index contributed by atoms with van der Waals surface area (Å²) in [7, 11) is 0. The number of hydrogen-bond donors (Lipinski definition) is 1. The number of rotatable bonds is 3. The quantitative estimate of drug-likeness (QED) is 0.793. The molecule has 0 radical (unpaired) electrons. The number of hydrogen-bond acceptors (Lipinski definition) is 2. The van der Waals surface area contributed by atoms with Crippen molar-refractivity contribution in [3.63, 3.8) is 0 Å². The van der Waals surface area contributed by atoms with Crippen LogP contribution in [0.15, 0.2) is 24.3 Å². The number of nitrogens with two attached hydrogens (primary N) is 1. The summed E-state index contributed by atoms with van der Waals surface area (Å²) >= 11 is 0. The molecule has 0 aliphatic rings. The van der Waals surface area contributed by atoms with E-state index in [4.69, 9.17) is 10.5 Å². The van der Waals surface area contributed by atoms with E-state index in [1.807, 2.05) is 31.2 Å². The first-order valence-electron chi connectivity index (χ1n) is 4.48. The van der Waals surface area contributed by atoms with Gasteiger partial charge in [0.25, 0.3) is 5.91 Å². The van der Waals surface area contributed by atoms with Gasteiger partial charge in [0.1, 0.15) is 5.75 Å². The van der Waals surface area contributed by atoms with Gasteiger partial charge in [-0.25, -0.2) is 0 Å². The van der Waals surface area contributed by atoms with Gasteiger partial charge in [-0.3, -0.25) is 4.79 Å². The van der Waals surface area contributed by atoms with Gasteiger partial charge < -0.3 is 10.5 Å². The third-order valence-electron chi connectivity index (χ3n) is 2.05. The zero-order chi connectivity index (χ0) is 10.8. The second kappa shape index (κ2) is 3.70. The number of benzene rings is 1. The molecule has 76 valence electrons. The van der Waals surface area contributed by atoms with Gasteiger partial charge in [-0.15, -0.1) is 0 Å². The molecule has 1 aromatic rings. The van der Waals surface area contributed by atoms with E-state index in [9.17, 15) is 4.79 Å². The predicted octanol–water partition coefficient (Wildman–Crippen LogP) is 1.64. The van der Waals surface area contributed by atoms with Crippen molar-refractivity contribution < 1.29 is 9.53 Å². The number of aryl methyl sites for hydroxylation is 1. The maximum absolute atomic E-state index is 11.0. The zero-order valence-electron chi connectivity index (χ0n) is 8.70. The van der Waals surface area contributed by atoms with Crippen LogP contribution in [-0.2, 0) is 4.79 Å². The van der Waals surface area contributed by atoms with Crippen LogP contribution in [0, 0.1) is 6.92 Å². The Morgan fingerprint density at radius 2 is 1.93 bits per heavy atom.